The molecule has 0 saturated heterocycles. The number of nitrogens with zero attached hydrogens (tertiary/aromatic N) is 1. The van der Waals surface area contributed by atoms with Crippen molar-refractivity contribution in [1.29, 1.82) is 0 Å². The van der Waals surface area contributed by atoms with Crippen molar-refractivity contribution in [3.05, 3.63) is 114 Å². The number of carbonyl (C=O) groups is 1. The van der Waals surface area contributed by atoms with Crippen LogP contribution in [0, 0.1) is 0 Å². The standard InChI is InChI=1S/C30H34N2O2/c1-4-6-13-24(5-2)25-16-12-17-27(21-20-25)32(22-23-34-3)30(33)31-29-19-11-10-18-28(29)26-14-8-7-9-15-26/h5-16,18-21H,4,17,22-23H2,1-3H3,(H,31,33)/b13-6-,24-5+. The van der Waals surface area contributed by atoms with Crippen LogP contribution in [-0.4, -0.2) is 31.2 Å². The highest BCUT2D eigenvalue weighted by Crippen LogP contribution is 2.28. The molecule has 0 fully saturated rings. The Morgan fingerprint density at radius 1 is 1.09 bits per heavy atom. The molecule has 2 amide bonds. The summed E-state index contributed by atoms with van der Waals surface area (Å²) in [4.78, 5) is 15.2. The minimum Gasteiger partial charge on any atom is -0.383 e. The van der Waals surface area contributed by atoms with Gasteiger partial charge in [0.25, 0.3) is 0 Å². The first kappa shape index (κ1) is 25.0. The highest BCUT2D eigenvalue weighted by atomic mass is 16.5. The molecule has 0 unspecified atom stereocenters. The van der Waals surface area contributed by atoms with Crippen LogP contribution in [0.1, 0.15) is 26.7 Å². The molecule has 0 spiro atoms. The molecule has 0 bridgehead atoms. The summed E-state index contributed by atoms with van der Waals surface area (Å²) < 4.78 is 5.31. The first-order valence-electron chi connectivity index (χ1n) is 11.8. The number of hydrogen-bond donors (Lipinski definition) is 1. The Morgan fingerprint density at radius 2 is 1.85 bits per heavy atom. The summed E-state index contributed by atoms with van der Waals surface area (Å²) in [6.45, 7) is 5.08. The van der Waals surface area contributed by atoms with Gasteiger partial charge in [-0.3, -0.25) is 4.90 Å². The third-order valence-electron chi connectivity index (χ3n) is 5.62. The second-order valence-electron chi connectivity index (χ2n) is 7.93. The lowest BCUT2D eigenvalue weighted by Gasteiger charge is -2.25. The van der Waals surface area contributed by atoms with E-state index in [-0.39, 0.29) is 6.03 Å². The van der Waals surface area contributed by atoms with Crippen LogP contribution in [0.5, 0.6) is 0 Å². The number of nitrogens with one attached hydrogen (secondary N) is 1. The van der Waals surface area contributed by atoms with Crippen LogP contribution in [0.3, 0.4) is 0 Å². The van der Waals surface area contributed by atoms with E-state index in [0.717, 1.165) is 34.5 Å². The summed E-state index contributed by atoms with van der Waals surface area (Å²) in [5.74, 6) is 0. The van der Waals surface area contributed by atoms with E-state index in [1.807, 2.05) is 67.6 Å². The molecule has 2 aromatic rings. The van der Waals surface area contributed by atoms with Gasteiger partial charge in [-0.05, 0) is 42.2 Å². The van der Waals surface area contributed by atoms with Crippen molar-refractivity contribution in [1.82, 2.24) is 4.90 Å². The van der Waals surface area contributed by atoms with E-state index in [4.69, 9.17) is 4.74 Å². The van der Waals surface area contributed by atoms with Crippen molar-refractivity contribution in [3.63, 3.8) is 0 Å². The van der Waals surface area contributed by atoms with Gasteiger partial charge in [-0.15, -0.1) is 0 Å². The summed E-state index contributed by atoms with van der Waals surface area (Å²) >= 11 is 0. The van der Waals surface area contributed by atoms with Crippen molar-refractivity contribution >= 4 is 11.7 Å². The number of benzene rings is 2. The molecule has 176 valence electrons. The highest BCUT2D eigenvalue weighted by molar-refractivity contribution is 5.95. The smallest absolute Gasteiger partial charge is 0.326 e. The fraction of sp³-hybridized carbons (Fsp3) is 0.233. The second kappa shape index (κ2) is 13.2. The van der Waals surface area contributed by atoms with Gasteiger partial charge in [-0.25, -0.2) is 4.79 Å². The molecule has 4 nitrogen and oxygen atoms in total. The van der Waals surface area contributed by atoms with Crippen molar-refractivity contribution < 1.29 is 9.53 Å². The maximum absolute atomic E-state index is 13.5. The minimum absolute atomic E-state index is 0.172. The molecular formula is C30H34N2O2. The molecule has 1 N–H and O–H groups in total. The van der Waals surface area contributed by atoms with E-state index >= 15 is 0 Å². The molecule has 0 radical (unpaired) electrons. The number of rotatable bonds is 9. The topological polar surface area (TPSA) is 41.6 Å². The SMILES string of the molecule is C/C=C(\C=C/CC)C1=CC=C(N(CCOC)C(=O)Nc2ccccc2-c2ccccc2)CC=C1. The summed E-state index contributed by atoms with van der Waals surface area (Å²) in [5, 5.41) is 3.13. The lowest BCUT2D eigenvalue weighted by atomic mass is 10.0. The largest absolute Gasteiger partial charge is 0.383 e. The number of allylic oxidation sites excluding steroid dienone is 9. The van der Waals surface area contributed by atoms with Crippen molar-refractivity contribution in [2.24, 2.45) is 0 Å². The molecule has 0 aliphatic heterocycles. The van der Waals surface area contributed by atoms with Gasteiger partial charge >= 0.3 is 6.03 Å². The first-order valence-corrected chi connectivity index (χ1v) is 11.8. The fourth-order valence-electron chi connectivity index (χ4n) is 3.82. The van der Waals surface area contributed by atoms with Crippen LogP contribution in [0.25, 0.3) is 11.1 Å². The van der Waals surface area contributed by atoms with Crippen LogP contribution in [0.15, 0.2) is 114 Å². The summed E-state index contributed by atoms with van der Waals surface area (Å²) in [7, 11) is 1.65. The number of para-hydroxylation sites is 1. The van der Waals surface area contributed by atoms with Crippen LogP contribution < -0.4 is 5.32 Å². The fourth-order valence-corrected chi connectivity index (χ4v) is 3.82. The predicted molar refractivity (Wildman–Crippen MR) is 143 cm³/mol. The Balaban J connectivity index is 1.88. The van der Waals surface area contributed by atoms with Gasteiger partial charge in [0.05, 0.1) is 18.8 Å². The predicted octanol–water partition coefficient (Wildman–Crippen LogP) is 7.52. The minimum atomic E-state index is -0.172. The summed E-state index contributed by atoms with van der Waals surface area (Å²) in [6, 6.07) is 17.8. The van der Waals surface area contributed by atoms with E-state index in [0.29, 0.717) is 19.6 Å². The maximum atomic E-state index is 13.5. The lowest BCUT2D eigenvalue weighted by Crippen LogP contribution is -2.36. The van der Waals surface area contributed by atoms with Gasteiger partial charge < -0.3 is 10.1 Å². The van der Waals surface area contributed by atoms with Crippen LogP contribution >= 0.6 is 0 Å². The monoisotopic (exact) mass is 454 g/mol. The summed E-state index contributed by atoms with van der Waals surface area (Å²) in [5.41, 5.74) is 6.05. The van der Waals surface area contributed by atoms with E-state index in [1.54, 1.807) is 12.0 Å². The highest BCUT2D eigenvalue weighted by Gasteiger charge is 2.19. The zero-order chi connectivity index (χ0) is 24.2. The molecular weight excluding hydrogens is 420 g/mol. The average molecular weight is 455 g/mol. The third kappa shape index (κ3) is 6.69. The molecule has 1 aliphatic rings. The number of methoxy groups -OCH3 is 1. The number of ether oxygens (including phenoxy) is 1. The zero-order valence-corrected chi connectivity index (χ0v) is 20.3. The third-order valence-corrected chi connectivity index (χ3v) is 5.62. The molecule has 4 heteroatoms. The van der Waals surface area contributed by atoms with E-state index in [9.17, 15) is 4.79 Å². The Labute approximate surface area is 203 Å². The van der Waals surface area contributed by atoms with Gasteiger partial charge in [0.1, 0.15) is 0 Å². The molecule has 2 aromatic carbocycles. The normalized spacial score (nSPS) is 13.9. The van der Waals surface area contributed by atoms with Crippen molar-refractivity contribution in [2.45, 2.75) is 26.7 Å². The molecule has 1 aliphatic carbocycles. The number of urea groups is 1. The molecule has 0 atom stereocenters. The Kier molecular flexibility index (Phi) is 9.68. The van der Waals surface area contributed by atoms with Crippen molar-refractivity contribution in [2.75, 3.05) is 25.6 Å². The number of hydrogen-bond acceptors (Lipinski definition) is 2. The zero-order valence-electron chi connectivity index (χ0n) is 20.3. The first-order chi connectivity index (χ1) is 16.7. The molecule has 34 heavy (non-hydrogen) atoms. The van der Waals surface area contributed by atoms with Crippen LogP contribution in [-0.2, 0) is 4.74 Å². The van der Waals surface area contributed by atoms with Gasteiger partial charge in [0.2, 0.25) is 0 Å². The Morgan fingerprint density at radius 3 is 2.59 bits per heavy atom. The van der Waals surface area contributed by atoms with E-state index < -0.39 is 0 Å². The van der Waals surface area contributed by atoms with Gasteiger partial charge in [0.15, 0.2) is 0 Å². The Hall–Kier alpha value is -3.63. The lowest BCUT2D eigenvalue weighted by molar-refractivity contribution is 0.166. The van der Waals surface area contributed by atoms with Crippen LogP contribution in [0.4, 0.5) is 10.5 Å². The molecule has 3 rings (SSSR count). The maximum Gasteiger partial charge on any atom is 0.326 e. The molecule has 0 aromatic heterocycles. The van der Waals surface area contributed by atoms with E-state index in [2.05, 4.69) is 48.7 Å². The molecule has 0 heterocycles. The van der Waals surface area contributed by atoms with Gasteiger partial charge in [-0.2, -0.15) is 0 Å². The van der Waals surface area contributed by atoms with E-state index in [1.165, 1.54) is 5.57 Å². The summed E-state index contributed by atoms with van der Waals surface area (Å²) in [6.07, 6.45) is 16.4. The Bertz CT molecular complexity index is 1110. The average Bonchev–Trinajstić information content (AvgIpc) is 3.12. The number of anilines is 1. The van der Waals surface area contributed by atoms with Gasteiger partial charge in [0, 0.05) is 24.8 Å². The number of carbonyl (C=O) groups excluding carboxylic acids is 1. The van der Waals surface area contributed by atoms with Crippen LogP contribution in [0.2, 0.25) is 0 Å². The van der Waals surface area contributed by atoms with Gasteiger partial charge in [-0.1, -0.05) is 91.9 Å². The molecule has 0 saturated carbocycles. The van der Waals surface area contributed by atoms with Crippen molar-refractivity contribution in [3.8, 4) is 11.1 Å². The second-order valence-corrected chi connectivity index (χ2v) is 7.93. The quantitative estimate of drug-likeness (QED) is 0.398. The number of amides is 2.